The quantitative estimate of drug-likeness (QED) is 0.419. The Kier molecular flexibility index (Phi) is 5.32. The first-order valence-corrected chi connectivity index (χ1v) is 10.5. The van der Waals surface area contributed by atoms with Crippen LogP contribution in [0.4, 0.5) is 17.6 Å². The molecular formula is C23H19F4N3O3. The van der Waals surface area contributed by atoms with Crippen molar-refractivity contribution in [2.75, 3.05) is 13.2 Å². The number of H-pyrrole nitrogens is 1. The van der Waals surface area contributed by atoms with Gasteiger partial charge in [0.1, 0.15) is 5.52 Å². The molecule has 1 aliphatic rings. The average Bonchev–Trinajstić information content (AvgIpc) is 3.39. The van der Waals surface area contributed by atoms with Crippen molar-refractivity contribution >= 4 is 27.8 Å². The summed E-state index contributed by atoms with van der Waals surface area (Å²) in [6.45, 7) is 0.823. The lowest BCUT2D eigenvalue weighted by molar-refractivity contribution is -0.142. The summed E-state index contributed by atoms with van der Waals surface area (Å²) in [5.74, 6) is -4.73. The Morgan fingerprint density at radius 2 is 1.97 bits per heavy atom. The largest absolute Gasteiger partial charge is 0.479 e. The molecule has 1 fully saturated rings. The second-order valence-corrected chi connectivity index (χ2v) is 8.11. The van der Waals surface area contributed by atoms with Crippen molar-refractivity contribution in [1.82, 2.24) is 14.8 Å². The molecule has 6 nitrogen and oxygen atoms in total. The topological polar surface area (TPSA) is 80.1 Å². The molecule has 4 aromatic rings. The summed E-state index contributed by atoms with van der Waals surface area (Å²) in [7, 11) is 0. The van der Waals surface area contributed by atoms with Gasteiger partial charge in [-0.1, -0.05) is 0 Å². The molecule has 3 heterocycles. The second kappa shape index (κ2) is 8.18. The number of aliphatic carboxylic acids is 1. The van der Waals surface area contributed by atoms with Crippen LogP contribution in [0.2, 0.25) is 0 Å². The molecule has 0 radical (unpaired) electrons. The first-order chi connectivity index (χ1) is 15.9. The first-order valence-electron chi connectivity index (χ1n) is 10.5. The molecule has 2 aromatic heterocycles. The van der Waals surface area contributed by atoms with E-state index in [0.717, 1.165) is 12.1 Å². The van der Waals surface area contributed by atoms with Crippen LogP contribution in [0.25, 0.3) is 27.5 Å². The van der Waals surface area contributed by atoms with Gasteiger partial charge < -0.3 is 14.4 Å². The third-order valence-corrected chi connectivity index (χ3v) is 6.17. The monoisotopic (exact) mass is 461 g/mol. The Morgan fingerprint density at radius 3 is 2.67 bits per heavy atom. The summed E-state index contributed by atoms with van der Waals surface area (Å²) in [6.07, 6.45) is -0.379. The first kappa shape index (κ1) is 21.4. The lowest BCUT2D eigenvalue weighted by Crippen LogP contribution is -2.21. The Labute approximate surface area is 184 Å². The molecule has 1 atom stereocenters. The van der Waals surface area contributed by atoms with Gasteiger partial charge >= 0.3 is 5.97 Å². The molecule has 33 heavy (non-hydrogen) atoms. The molecule has 0 saturated carbocycles. The van der Waals surface area contributed by atoms with E-state index in [-0.39, 0.29) is 28.1 Å². The van der Waals surface area contributed by atoms with Gasteiger partial charge in [-0.2, -0.15) is 5.10 Å². The fourth-order valence-corrected chi connectivity index (χ4v) is 4.67. The summed E-state index contributed by atoms with van der Waals surface area (Å²) in [6, 6.07) is 4.93. The molecule has 172 valence electrons. The van der Waals surface area contributed by atoms with Crippen LogP contribution in [0, 0.1) is 17.5 Å². The summed E-state index contributed by atoms with van der Waals surface area (Å²) in [5.41, 5.74) is 1.27. The number of hydrogen-bond donors (Lipinski definition) is 2. The number of fused-ring (bicyclic) bond motifs is 2. The van der Waals surface area contributed by atoms with Gasteiger partial charge in [0.2, 0.25) is 6.17 Å². The van der Waals surface area contributed by atoms with E-state index in [4.69, 9.17) is 4.74 Å². The van der Waals surface area contributed by atoms with Crippen molar-refractivity contribution in [2.24, 2.45) is 0 Å². The smallest absolute Gasteiger partial charge is 0.338 e. The van der Waals surface area contributed by atoms with Crippen LogP contribution < -0.4 is 0 Å². The number of hydrogen-bond acceptors (Lipinski definition) is 3. The molecule has 0 aliphatic carbocycles. The van der Waals surface area contributed by atoms with Crippen molar-refractivity contribution in [2.45, 2.75) is 31.4 Å². The van der Waals surface area contributed by atoms with Gasteiger partial charge in [-0.05, 0) is 36.6 Å². The van der Waals surface area contributed by atoms with Crippen molar-refractivity contribution in [3.05, 3.63) is 59.2 Å². The number of nitrogens with zero attached hydrogens (tertiary/aromatic N) is 2. The highest BCUT2D eigenvalue weighted by Gasteiger charge is 2.32. The SMILES string of the molecule is O=C(O)[C@H](F)Cc1c(C2CCOCC2)n(-c2ccc(F)c(F)c2)c2cc3cn[nH]c3c(F)c12. The van der Waals surface area contributed by atoms with Crippen LogP contribution in [0.15, 0.2) is 30.5 Å². The lowest BCUT2D eigenvalue weighted by atomic mass is 9.90. The predicted molar refractivity (Wildman–Crippen MR) is 112 cm³/mol. The summed E-state index contributed by atoms with van der Waals surface area (Å²) < 4.78 is 65.1. The van der Waals surface area contributed by atoms with Crippen molar-refractivity contribution in [3.63, 3.8) is 0 Å². The number of carboxylic acid groups (broad SMARTS) is 1. The number of nitrogens with one attached hydrogen (secondary N) is 1. The number of aromatic amines is 1. The van der Waals surface area contributed by atoms with Gasteiger partial charge in [0.15, 0.2) is 17.5 Å². The van der Waals surface area contributed by atoms with E-state index in [0.29, 0.717) is 42.7 Å². The lowest BCUT2D eigenvalue weighted by Gasteiger charge is -2.26. The van der Waals surface area contributed by atoms with Crippen LogP contribution in [0.1, 0.15) is 30.0 Å². The van der Waals surface area contributed by atoms with Crippen molar-refractivity contribution < 1.29 is 32.2 Å². The van der Waals surface area contributed by atoms with Crippen LogP contribution in [-0.2, 0) is 16.0 Å². The van der Waals surface area contributed by atoms with Gasteiger partial charge in [0, 0.05) is 53.8 Å². The molecule has 1 saturated heterocycles. The van der Waals surface area contributed by atoms with Gasteiger partial charge in [-0.15, -0.1) is 0 Å². The number of rotatable bonds is 5. The average molecular weight is 461 g/mol. The summed E-state index contributed by atoms with van der Waals surface area (Å²) in [4.78, 5) is 11.3. The zero-order valence-corrected chi connectivity index (χ0v) is 17.2. The zero-order chi connectivity index (χ0) is 23.3. The highest BCUT2D eigenvalue weighted by molar-refractivity contribution is 5.99. The van der Waals surface area contributed by atoms with E-state index >= 15 is 4.39 Å². The van der Waals surface area contributed by atoms with Crippen molar-refractivity contribution in [3.8, 4) is 5.69 Å². The van der Waals surface area contributed by atoms with E-state index in [1.165, 1.54) is 12.3 Å². The molecule has 0 spiro atoms. The Morgan fingerprint density at radius 1 is 1.21 bits per heavy atom. The molecule has 2 N–H and O–H groups in total. The third kappa shape index (κ3) is 3.54. The van der Waals surface area contributed by atoms with Crippen LogP contribution >= 0.6 is 0 Å². The maximum atomic E-state index is 15.7. The number of alkyl halides is 1. The number of carbonyl (C=O) groups is 1. The van der Waals surface area contributed by atoms with Gasteiger partial charge in [-0.25, -0.2) is 22.4 Å². The molecule has 0 amide bonds. The van der Waals surface area contributed by atoms with Gasteiger partial charge in [0.05, 0.1) is 11.7 Å². The Balaban J connectivity index is 1.89. The summed E-state index contributed by atoms with van der Waals surface area (Å²) in [5, 5.41) is 16.1. The van der Waals surface area contributed by atoms with Crippen LogP contribution in [-0.4, -0.2) is 45.2 Å². The van der Waals surface area contributed by atoms with Crippen molar-refractivity contribution in [1.29, 1.82) is 0 Å². The molecule has 1 aliphatic heterocycles. The standard InChI is InChI=1S/C23H19F4N3O3/c24-15-2-1-13(8-16(15)25)30-18-7-12-10-28-29-21(12)20(27)19(18)14(9-17(26)23(31)32)22(30)11-3-5-33-6-4-11/h1-2,7-8,10-11,17H,3-6,9H2,(H,28,29)(H,31,32)/t17-/m1/s1. The van der Waals surface area contributed by atoms with Crippen LogP contribution in [0.3, 0.4) is 0 Å². The third-order valence-electron chi connectivity index (χ3n) is 6.17. The number of benzene rings is 2. The highest BCUT2D eigenvalue weighted by Crippen LogP contribution is 2.42. The Bertz CT molecular complexity index is 1370. The minimum Gasteiger partial charge on any atom is -0.479 e. The normalized spacial score (nSPS) is 16.0. The zero-order valence-electron chi connectivity index (χ0n) is 17.2. The molecule has 0 unspecified atom stereocenters. The summed E-state index contributed by atoms with van der Waals surface area (Å²) >= 11 is 0. The van der Waals surface area contributed by atoms with E-state index in [2.05, 4.69) is 10.2 Å². The molecule has 10 heteroatoms. The molecule has 2 aromatic carbocycles. The second-order valence-electron chi connectivity index (χ2n) is 8.11. The molecule has 0 bridgehead atoms. The number of aromatic nitrogens is 3. The fraction of sp³-hybridized carbons (Fsp3) is 0.304. The van der Waals surface area contributed by atoms with Crippen LogP contribution in [0.5, 0.6) is 0 Å². The minimum atomic E-state index is -2.27. The number of ether oxygens (including phenoxy) is 1. The number of halogens is 4. The maximum absolute atomic E-state index is 15.7. The van der Waals surface area contributed by atoms with E-state index in [1.54, 1.807) is 10.6 Å². The Hall–Kier alpha value is -3.40. The van der Waals surface area contributed by atoms with E-state index in [9.17, 15) is 23.1 Å². The maximum Gasteiger partial charge on any atom is 0.338 e. The fourth-order valence-electron chi connectivity index (χ4n) is 4.67. The van der Waals surface area contributed by atoms with E-state index < -0.39 is 36.0 Å². The molecular weight excluding hydrogens is 442 g/mol. The van der Waals surface area contributed by atoms with E-state index in [1.807, 2.05) is 0 Å². The predicted octanol–water partition coefficient (Wildman–Crippen LogP) is 4.78. The number of carboxylic acids is 1. The minimum absolute atomic E-state index is 0.0295. The molecule has 5 rings (SSSR count). The van der Waals surface area contributed by atoms with Gasteiger partial charge in [-0.3, -0.25) is 5.10 Å². The van der Waals surface area contributed by atoms with Gasteiger partial charge in [0.25, 0.3) is 0 Å². The highest BCUT2D eigenvalue weighted by atomic mass is 19.2.